The van der Waals surface area contributed by atoms with E-state index in [1.807, 2.05) is 0 Å². The first-order valence-corrected chi connectivity index (χ1v) is 7.16. The molecule has 3 saturated carbocycles. The maximum Gasteiger partial charge on any atom is 0.103 e. The predicted octanol–water partition coefficient (Wildman–Crippen LogP) is 1.65. The Bertz CT molecular complexity index is 380. The van der Waals surface area contributed by atoms with E-state index in [2.05, 4.69) is 0 Å². The standard InChI is InChI=1S/C14H18O3/c1-4-11(7-15-11)14-10(1,2-5-12(14)8-16-12)3-6-13(14)9-17-13/h1-9H2/t10?,11-,12-,13+,14?/m0/s1. The van der Waals surface area contributed by atoms with Crippen LogP contribution >= 0.6 is 0 Å². The molecule has 3 heterocycles. The molecule has 6 fully saturated rings. The van der Waals surface area contributed by atoms with Gasteiger partial charge in [0.05, 0.1) is 25.2 Å². The van der Waals surface area contributed by atoms with E-state index >= 15 is 0 Å². The summed E-state index contributed by atoms with van der Waals surface area (Å²) in [7, 11) is 0. The lowest BCUT2D eigenvalue weighted by molar-refractivity contribution is -0.0453. The first-order chi connectivity index (χ1) is 8.24. The summed E-state index contributed by atoms with van der Waals surface area (Å²) in [6.45, 7) is 2.93. The van der Waals surface area contributed by atoms with Gasteiger partial charge in [-0.15, -0.1) is 0 Å². The number of hydrogen-bond donors (Lipinski definition) is 0. The largest absolute Gasteiger partial charge is 0.369 e. The third-order valence-corrected chi connectivity index (χ3v) is 7.35. The third-order valence-electron chi connectivity index (χ3n) is 7.35. The molecule has 0 aromatic carbocycles. The molecule has 0 bridgehead atoms. The Balaban J connectivity index is 1.72. The van der Waals surface area contributed by atoms with Gasteiger partial charge in [0.2, 0.25) is 0 Å². The minimum atomic E-state index is 0.160. The van der Waals surface area contributed by atoms with Crippen molar-refractivity contribution >= 4 is 0 Å². The molecular weight excluding hydrogens is 216 g/mol. The van der Waals surface area contributed by atoms with Gasteiger partial charge < -0.3 is 14.2 Å². The van der Waals surface area contributed by atoms with Gasteiger partial charge in [-0.25, -0.2) is 0 Å². The molecule has 0 aromatic heterocycles. The van der Waals surface area contributed by atoms with Crippen molar-refractivity contribution in [3.05, 3.63) is 0 Å². The SMILES string of the molecule is C1C[C@@]2(CO2)C23C1(CC[C@]21CO1)CC[C@]31CO1. The van der Waals surface area contributed by atoms with Gasteiger partial charge in [0.25, 0.3) is 0 Å². The molecule has 3 aliphatic heterocycles. The Morgan fingerprint density at radius 3 is 1.18 bits per heavy atom. The van der Waals surface area contributed by atoms with Crippen molar-refractivity contribution in [3.8, 4) is 0 Å². The summed E-state index contributed by atoms with van der Waals surface area (Å²) < 4.78 is 18.2. The first-order valence-electron chi connectivity index (χ1n) is 7.16. The lowest BCUT2D eigenvalue weighted by Crippen LogP contribution is -2.56. The van der Waals surface area contributed by atoms with E-state index in [1.54, 1.807) is 0 Å². The quantitative estimate of drug-likeness (QED) is 0.598. The normalized spacial score (nSPS) is 73.4. The van der Waals surface area contributed by atoms with E-state index in [1.165, 1.54) is 38.5 Å². The molecule has 0 amide bonds. The van der Waals surface area contributed by atoms with E-state index < -0.39 is 0 Å². The summed E-state index contributed by atoms with van der Waals surface area (Å²) in [4.78, 5) is 0. The second-order valence-electron chi connectivity index (χ2n) is 7.38. The van der Waals surface area contributed by atoms with Crippen LogP contribution in [0.25, 0.3) is 0 Å². The molecule has 3 heteroatoms. The van der Waals surface area contributed by atoms with Gasteiger partial charge in [-0.05, 0) is 43.9 Å². The average Bonchev–Trinajstić information content (AvgIpc) is 3.18. The topological polar surface area (TPSA) is 37.6 Å². The molecule has 92 valence electrons. The van der Waals surface area contributed by atoms with Crippen LogP contribution in [0.1, 0.15) is 38.5 Å². The maximum absolute atomic E-state index is 6.06. The molecular formula is C14H18O3. The third kappa shape index (κ3) is 0.592. The Morgan fingerprint density at radius 2 is 0.882 bits per heavy atom. The highest BCUT2D eigenvalue weighted by Crippen LogP contribution is 2.88. The van der Waals surface area contributed by atoms with Gasteiger partial charge in [0.1, 0.15) is 16.8 Å². The van der Waals surface area contributed by atoms with Crippen molar-refractivity contribution in [1.82, 2.24) is 0 Å². The minimum absolute atomic E-state index is 0.160. The van der Waals surface area contributed by atoms with Crippen molar-refractivity contribution in [2.75, 3.05) is 19.8 Å². The fraction of sp³-hybridized carbons (Fsp3) is 1.00. The van der Waals surface area contributed by atoms with Crippen molar-refractivity contribution in [3.63, 3.8) is 0 Å². The van der Waals surface area contributed by atoms with Crippen molar-refractivity contribution < 1.29 is 14.2 Å². The Morgan fingerprint density at radius 1 is 0.529 bits per heavy atom. The highest BCUT2D eigenvalue weighted by atomic mass is 16.6. The first kappa shape index (κ1) is 8.89. The average molecular weight is 234 g/mol. The van der Waals surface area contributed by atoms with Gasteiger partial charge in [-0.3, -0.25) is 0 Å². The summed E-state index contributed by atoms with van der Waals surface area (Å²) in [6.07, 6.45) is 7.89. The van der Waals surface area contributed by atoms with Crippen LogP contribution in [-0.4, -0.2) is 36.6 Å². The summed E-state index contributed by atoms with van der Waals surface area (Å²) in [6, 6.07) is 0. The van der Waals surface area contributed by atoms with Gasteiger partial charge in [0.15, 0.2) is 0 Å². The van der Waals surface area contributed by atoms with Gasteiger partial charge in [-0.1, -0.05) is 0 Å². The molecule has 17 heavy (non-hydrogen) atoms. The van der Waals surface area contributed by atoms with E-state index in [0.717, 1.165) is 19.8 Å². The molecule has 3 nitrogen and oxygen atoms in total. The fourth-order valence-electron chi connectivity index (χ4n) is 6.86. The molecule has 0 unspecified atom stereocenters. The Labute approximate surface area is 101 Å². The predicted molar refractivity (Wildman–Crippen MR) is 58.6 cm³/mol. The zero-order valence-corrected chi connectivity index (χ0v) is 10.1. The second-order valence-corrected chi connectivity index (χ2v) is 7.38. The van der Waals surface area contributed by atoms with E-state index in [-0.39, 0.29) is 22.2 Å². The minimum Gasteiger partial charge on any atom is -0.369 e. The molecule has 6 rings (SSSR count). The van der Waals surface area contributed by atoms with Crippen LogP contribution in [0, 0.1) is 10.8 Å². The van der Waals surface area contributed by atoms with Crippen LogP contribution in [0.3, 0.4) is 0 Å². The second kappa shape index (κ2) is 2.00. The zero-order valence-electron chi connectivity index (χ0n) is 10.1. The van der Waals surface area contributed by atoms with Crippen LogP contribution < -0.4 is 0 Å². The van der Waals surface area contributed by atoms with E-state index in [0.29, 0.717) is 5.41 Å². The van der Waals surface area contributed by atoms with Gasteiger partial charge in [0, 0.05) is 0 Å². The zero-order chi connectivity index (χ0) is 11.0. The smallest absolute Gasteiger partial charge is 0.103 e. The summed E-state index contributed by atoms with van der Waals surface area (Å²) >= 11 is 0. The molecule has 3 atom stereocenters. The van der Waals surface area contributed by atoms with Gasteiger partial charge in [-0.2, -0.15) is 0 Å². The van der Waals surface area contributed by atoms with E-state index in [9.17, 15) is 0 Å². The number of epoxide rings is 3. The van der Waals surface area contributed by atoms with Crippen LogP contribution in [0.4, 0.5) is 0 Å². The van der Waals surface area contributed by atoms with Crippen molar-refractivity contribution in [2.24, 2.45) is 10.8 Å². The lowest BCUT2D eigenvalue weighted by Gasteiger charge is -2.43. The summed E-state index contributed by atoms with van der Waals surface area (Å²) in [5.74, 6) is 0. The maximum atomic E-state index is 6.06. The molecule has 0 radical (unpaired) electrons. The van der Waals surface area contributed by atoms with Crippen molar-refractivity contribution in [1.29, 1.82) is 0 Å². The number of rotatable bonds is 0. The highest BCUT2D eigenvalue weighted by Gasteiger charge is 2.96. The number of hydrogen-bond acceptors (Lipinski definition) is 3. The molecule has 0 aromatic rings. The van der Waals surface area contributed by atoms with Crippen molar-refractivity contribution in [2.45, 2.75) is 55.3 Å². The van der Waals surface area contributed by atoms with Crippen LogP contribution in [0.15, 0.2) is 0 Å². The summed E-state index contributed by atoms with van der Waals surface area (Å²) in [5.41, 5.74) is 1.24. The molecule has 3 saturated heterocycles. The lowest BCUT2D eigenvalue weighted by atomic mass is 9.58. The fourth-order valence-corrected chi connectivity index (χ4v) is 6.86. The molecule has 3 aliphatic carbocycles. The van der Waals surface area contributed by atoms with E-state index in [4.69, 9.17) is 14.2 Å². The Kier molecular flexibility index (Phi) is 1.05. The highest BCUT2D eigenvalue weighted by molar-refractivity contribution is 5.43. The summed E-state index contributed by atoms with van der Waals surface area (Å²) in [5, 5.41) is 0. The van der Waals surface area contributed by atoms with Crippen LogP contribution in [0.2, 0.25) is 0 Å². The monoisotopic (exact) mass is 234 g/mol. The molecule has 6 aliphatic rings. The van der Waals surface area contributed by atoms with Gasteiger partial charge >= 0.3 is 0 Å². The van der Waals surface area contributed by atoms with Crippen LogP contribution in [0.5, 0.6) is 0 Å². The molecule has 0 N–H and O–H groups in total. The number of ether oxygens (including phenoxy) is 3. The molecule has 3 spiro atoms. The Hall–Kier alpha value is -0.120. The van der Waals surface area contributed by atoms with Crippen LogP contribution in [-0.2, 0) is 14.2 Å².